The first-order valence-electron chi connectivity index (χ1n) is 5.38. The van der Waals surface area contributed by atoms with Gasteiger partial charge in [-0.05, 0) is 24.3 Å². The molecule has 1 heterocycles. The standard InChI is InChI=1S/C13H12ClNO3S/c1-17-7-3-4-9(14)8(5-7)11-6-10(15)12(19-11)13(16)18-2/h3-6H,15H2,1-2H3. The van der Waals surface area contributed by atoms with Crippen molar-refractivity contribution < 1.29 is 14.3 Å². The summed E-state index contributed by atoms with van der Waals surface area (Å²) in [5.74, 6) is 0.235. The van der Waals surface area contributed by atoms with Crippen molar-refractivity contribution in [1.29, 1.82) is 0 Å². The van der Waals surface area contributed by atoms with Crippen LogP contribution in [0.25, 0.3) is 10.4 Å². The highest BCUT2D eigenvalue weighted by molar-refractivity contribution is 7.18. The van der Waals surface area contributed by atoms with Gasteiger partial charge in [-0.2, -0.15) is 0 Å². The number of carbonyl (C=O) groups excluding carboxylic acids is 1. The number of halogens is 1. The van der Waals surface area contributed by atoms with Crippen LogP contribution in [0.2, 0.25) is 5.02 Å². The lowest BCUT2D eigenvalue weighted by molar-refractivity contribution is 0.0607. The Bertz CT molecular complexity index is 624. The Balaban J connectivity index is 2.50. The highest BCUT2D eigenvalue weighted by atomic mass is 35.5. The number of methoxy groups -OCH3 is 2. The van der Waals surface area contributed by atoms with Crippen molar-refractivity contribution in [2.75, 3.05) is 20.0 Å². The number of carbonyl (C=O) groups is 1. The molecule has 0 spiro atoms. The van der Waals surface area contributed by atoms with E-state index in [2.05, 4.69) is 4.74 Å². The molecule has 2 N–H and O–H groups in total. The number of anilines is 1. The van der Waals surface area contributed by atoms with Crippen molar-refractivity contribution in [2.24, 2.45) is 0 Å². The van der Waals surface area contributed by atoms with E-state index in [1.54, 1.807) is 31.4 Å². The maximum Gasteiger partial charge on any atom is 0.350 e. The molecule has 19 heavy (non-hydrogen) atoms. The van der Waals surface area contributed by atoms with Crippen LogP contribution in [0.1, 0.15) is 9.67 Å². The van der Waals surface area contributed by atoms with Crippen molar-refractivity contribution in [3.63, 3.8) is 0 Å². The number of esters is 1. The fourth-order valence-corrected chi connectivity index (χ4v) is 2.91. The minimum Gasteiger partial charge on any atom is -0.497 e. The second-order valence-corrected chi connectivity index (χ2v) is 5.19. The topological polar surface area (TPSA) is 61.5 Å². The maximum atomic E-state index is 11.5. The number of rotatable bonds is 3. The summed E-state index contributed by atoms with van der Waals surface area (Å²) in [4.78, 5) is 12.7. The van der Waals surface area contributed by atoms with E-state index in [0.29, 0.717) is 21.3 Å². The van der Waals surface area contributed by atoms with E-state index in [-0.39, 0.29) is 0 Å². The molecule has 0 bridgehead atoms. The van der Waals surface area contributed by atoms with Gasteiger partial charge in [0.2, 0.25) is 0 Å². The molecule has 0 radical (unpaired) electrons. The Morgan fingerprint density at radius 2 is 2.05 bits per heavy atom. The monoisotopic (exact) mass is 297 g/mol. The van der Waals surface area contributed by atoms with Gasteiger partial charge >= 0.3 is 5.97 Å². The molecule has 4 nitrogen and oxygen atoms in total. The van der Waals surface area contributed by atoms with Crippen LogP contribution >= 0.6 is 22.9 Å². The summed E-state index contributed by atoms with van der Waals surface area (Å²) in [6.45, 7) is 0. The molecular weight excluding hydrogens is 286 g/mol. The number of benzene rings is 1. The van der Waals surface area contributed by atoms with Gasteiger partial charge in [0.25, 0.3) is 0 Å². The molecule has 100 valence electrons. The lowest BCUT2D eigenvalue weighted by atomic mass is 10.1. The summed E-state index contributed by atoms with van der Waals surface area (Å²) >= 11 is 7.40. The van der Waals surface area contributed by atoms with E-state index < -0.39 is 5.97 Å². The van der Waals surface area contributed by atoms with E-state index in [1.165, 1.54) is 18.4 Å². The number of ether oxygens (including phenoxy) is 2. The maximum absolute atomic E-state index is 11.5. The molecule has 6 heteroatoms. The highest BCUT2D eigenvalue weighted by Crippen LogP contribution is 2.38. The van der Waals surface area contributed by atoms with Gasteiger partial charge in [-0.3, -0.25) is 0 Å². The molecule has 2 aromatic rings. The Hall–Kier alpha value is -1.72. The van der Waals surface area contributed by atoms with Gasteiger partial charge in [0, 0.05) is 15.5 Å². The lowest BCUT2D eigenvalue weighted by Crippen LogP contribution is -2.00. The molecule has 0 saturated carbocycles. The molecule has 0 fully saturated rings. The number of hydrogen-bond acceptors (Lipinski definition) is 5. The molecule has 0 aliphatic rings. The zero-order chi connectivity index (χ0) is 14.0. The van der Waals surface area contributed by atoms with Gasteiger partial charge in [0.05, 0.1) is 19.9 Å². The van der Waals surface area contributed by atoms with Crippen LogP contribution < -0.4 is 10.5 Å². The number of thiophene rings is 1. The Morgan fingerprint density at radius 1 is 1.32 bits per heavy atom. The fourth-order valence-electron chi connectivity index (χ4n) is 1.61. The van der Waals surface area contributed by atoms with Gasteiger partial charge in [-0.15, -0.1) is 11.3 Å². The smallest absolute Gasteiger partial charge is 0.350 e. The summed E-state index contributed by atoms with van der Waals surface area (Å²) in [7, 11) is 2.90. The second kappa shape index (κ2) is 5.50. The molecule has 0 atom stereocenters. The van der Waals surface area contributed by atoms with Gasteiger partial charge in [-0.1, -0.05) is 11.6 Å². The number of nitrogens with two attached hydrogens (primary N) is 1. The van der Waals surface area contributed by atoms with E-state index in [0.717, 1.165) is 10.4 Å². The Labute approximate surface area is 119 Å². The predicted molar refractivity (Wildman–Crippen MR) is 77.1 cm³/mol. The first-order chi connectivity index (χ1) is 9.06. The first-order valence-corrected chi connectivity index (χ1v) is 6.57. The van der Waals surface area contributed by atoms with Gasteiger partial charge in [0.1, 0.15) is 10.6 Å². The number of hydrogen-bond donors (Lipinski definition) is 1. The molecule has 0 saturated heterocycles. The SMILES string of the molecule is COC(=O)c1sc(-c2cc(OC)ccc2Cl)cc1N. The third-order valence-corrected chi connectivity index (χ3v) is 4.06. The zero-order valence-corrected chi connectivity index (χ0v) is 12.0. The minimum absolute atomic E-state index is 0.372. The van der Waals surface area contributed by atoms with Crippen molar-refractivity contribution in [3.05, 3.63) is 34.2 Å². The van der Waals surface area contributed by atoms with Crippen LogP contribution in [0.4, 0.5) is 5.69 Å². The van der Waals surface area contributed by atoms with Crippen molar-refractivity contribution in [1.82, 2.24) is 0 Å². The minimum atomic E-state index is -0.451. The van der Waals surface area contributed by atoms with Gasteiger partial charge in [0.15, 0.2) is 0 Å². The van der Waals surface area contributed by atoms with Crippen molar-refractivity contribution >= 4 is 34.6 Å². The van der Waals surface area contributed by atoms with Gasteiger partial charge in [-0.25, -0.2) is 4.79 Å². The average Bonchev–Trinajstić information content (AvgIpc) is 2.80. The van der Waals surface area contributed by atoms with Gasteiger partial charge < -0.3 is 15.2 Å². The van der Waals surface area contributed by atoms with E-state index in [1.807, 2.05) is 0 Å². The van der Waals surface area contributed by atoms with Crippen molar-refractivity contribution in [3.8, 4) is 16.2 Å². The molecule has 0 aliphatic carbocycles. The van der Waals surface area contributed by atoms with Crippen LogP contribution in [-0.2, 0) is 4.74 Å². The summed E-state index contributed by atoms with van der Waals surface area (Å²) < 4.78 is 9.84. The summed E-state index contributed by atoms with van der Waals surface area (Å²) in [5, 5.41) is 0.568. The largest absolute Gasteiger partial charge is 0.497 e. The predicted octanol–water partition coefficient (Wildman–Crippen LogP) is 3.45. The lowest BCUT2D eigenvalue weighted by Gasteiger charge is -2.04. The quantitative estimate of drug-likeness (QED) is 0.882. The van der Waals surface area contributed by atoms with E-state index in [4.69, 9.17) is 22.1 Å². The first kappa shape index (κ1) is 13.7. The highest BCUT2D eigenvalue weighted by Gasteiger charge is 2.17. The molecule has 0 aliphatic heterocycles. The van der Waals surface area contributed by atoms with E-state index >= 15 is 0 Å². The third kappa shape index (κ3) is 2.67. The Kier molecular flexibility index (Phi) is 3.97. The summed E-state index contributed by atoms with van der Waals surface area (Å²) in [6.07, 6.45) is 0. The third-order valence-electron chi connectivity index (χ3n) is 2.57. The fraction of sp³-hybridized carbons (Fsp3) is 0.154. The molecule has 1 aromatic heterocycles. The molecule has 1 aromatic carbocycles. The Morgan fingerprint density at radius 3 is 2.68 bits per heavy atom. The summed E-state index contributed by atoms with van der Waals surface area (Å²) in [5.41, 5.74) is 6.96. The molecule has 2 rings (SSSR count). The number of nitrogen functional groups attached to an aromatic ring is 1. The van der Waals surface area contributed by atoms with Crippen LogP contribution in [0, 0.1) is 0 Å². The van der Waals surface area contributed by atoms with Crippen molar-refractivity contribution in [2.45, 2.75) is 0 Å². The second-order valence-electron chi connectivity index (χ2n) is 3.73. The normalized spacial score (nSPS) is 10.3. The molecular formula is C13H12ClNO3S. The van der Waals surface area contributed by atoms with Crippen LogP contribution in [0.3, 0.4) is 0 Å². The van der Waals surface area contributed by atoms with Crippen LogP contribution in [0.5, 0.6) is 5.75 Å². The zero-order valence-electron chi connectivity index (χ0n) is 10.4. The average molecular weight is 298 g/mol. The van der Waals surface area contributed by atoms with Crippen LogP contribution in [0.15, 0.2) is 24.3 Å². The van der Waals surface area contributed by atoms with Crippen LogP contribution in [-0.4, -0.2) is 20.2 Å². The molecule has 0 amide bonds. The molecule has 0 unspecified atom stereocenters. The van der Waals surface area contributed by atoms with E-state index in [9.17, 15) is 4.79 Å². The summed E-state index contributed by atoms with van der Waals surface area (Å²) in [6, 6.07) is 7.01.